The summed E-state index contributed by atoms with van der Waals surface area (Å²) >= 11 is 0. The van der Waals surface area contributed by atoms with E-state index in [0.29, 0.717) is 18.5 Å². The van der Waals surface area contributed by atoms with Crippen LogP contribution < -0.4 is 5.32 Å². The van der Waals surface area contributed by atoms with Crippen molar-refractivity contribution in [1.29, 1.82) is 0 Å². The molecule has 0 fully saturated rings. The minimum atomic E-state index is -0.420. The van der Waals surface area contributed by atoms with Gasteiger partial charge >= 0.3 is 0 Å². The van der Waals surface area contributed by atoms with E-state index in [1.165, 1.54) is 12.1 Å². The Kier molecular flexibility index (Phi) is 6.29. The normalized spacial score (nSPS) is 13.3. The average Bonchev–Trinajstić information content (AvgIpc) is 2.58. The zero-order chi connectivity index (χ0) is 16.7. The topological polar surface area (TPSA) is 49.3 Å². The van der Waals surface area contributed by atoms with E-state index in [0.717, 1.165) is 5.56 Å². The summed E-state index contributed by atoms with van der Waals surface area (Å²) in [6, 6.07) is 15.9. The lowest BCUT2D eigenvalue weighted by Crippen LogP contribution is -2.32. The summed E-state index contributed by atoms with van der Waals surface area (Å²) in [6.45, 7) is 2.27. The summed E-state index contributed by atoms with van der Waals surface area (Å²) in [6.07, 6.45) is 0.582. The number of rotatable bonds is 7. The number of amides is 1. The van der Waals surface area contributed by atoms with Crippen molar-refractivity contribution >= 4 is 5.91 Å². The molecule has 3 nitrogen and oxygen atoms in total. The second-order valence-electron chi connectivity index (χ2n) is 5.64. The van der Waals surface area contributed by atoms with Gasteiger partial charge in [0.05, 0.1) is 5.92 Å². The van der Waals surface area contributed by atoms with Gasteiger partial charge in [-0.25, -0.2) is 4.39 Å². The van der Waals surface area contributed by atoms with Crippen LogP contribution in [0.1, 0.15) is 36.3 Å². The highest BCUT2D eigenvalue weighted by Crippen LogP contribution is 2.20. The molecule has 0 aliphatic rings. The summed E-state index contributed by atoms with van der Waals surface area (Å²) in [7, 11) is 0. The van der Waals surface area contributed by atoms with Crippen molar-refractivity contribution in [1.82, 2.24) is 5.32 Å². The van der Waals surface area contributed by atoms with Crippen molar-refractivity contribution in [3.8, 4) is 0 Å². The molecule has 2 rings (SSSR count). The monoisotopic (exact) mass is 315 g/mol. The molecule has 0 radical (unpaired) electrons. The van der Waals surface area contributed by atoms with Crippen molar-refractivity contribution < 1.29 is 14.3 Å². The van der Waals surface area contributed by atoms with Gasteiger partial charge in [0.1, 0.15) is 5.82 Å². The van der Waals surface area contributed by atoms with Gasteiger partial charge in [-0.2, -0.15) is 0 Å². The Labute approximate surface area is 136 Å². The van der Waals surface area contributed by atoms with Gasteiger partial charge in [0, 0.05) is 19.1 Å². The molecule has 0 aliphatic carbocycles. The van der Waals surface area contributed by atoms with Gasteiger partial charge in [-0.3, -0.25) is 4.79 Å². The number of benzene rings is 2. The van der Waals surface area contributed by atoms with E-state index in [1.807, 2.05) is 30.3 Å². The summed E-state index contributed by atoms with van der Waals surface area (Å²) < 4.78 is 13.3. The van der Waals surface area contributed by atoms with Crippen molar-refractivity contribution in [2.45, 2.75) is 25.2 Å². The van der Waals surface area contributed by atoms with E-state index in [4.69, 9.17) is 0 Å². The minimum Gasteiger partial charge on any atom is -0.396 e. The van der Waals surface area contributed by atoms with Gasteiger partial charge in [0.15, 0.2) is 0 Å². The average molecular weight is 315 g/mol. The number of nitrogens with one attached hydrogen (secondary N) is 1. The van der Waals surface area contributed by atoms with Crippen LogP contribution in [0.5, 0.6) is 0 Å². The standard InChI is InChI=1S/C19H22FNO2/c1-14(16-8-5-9-18(20)12-16)19(23)21-13-17(10-11-22)15-6-3-2-4-7-15/h2-9,12,14,17,22H,10-11,13H2,1H3,(H,21,23). The van der Waals surface area contributed by atoms with Crippen LogP contribution in [-0.2, 0) is 4.79 Å². The summed E-state index contributed by atoms with van der Waals surface area (Å²) in [4.78, 5) is 12.3. The third-order valence-electron chi connectivity index (χ3n) is 4.01. The lowest BCUT2D eigenvalue weighted by molar-refractivity contribution is -0.122. The fourth-order valence-electron chi connectivity index (χ4n) is 2.57. The fraction of sp³-hybridized carbons (Fsp3) is 0.316. The molecule has 2 atom stereocenters. The molecule has 0 aliphatic heterocycles. The molecule has 2 aromatic rings. The smallest absolute Gasteiger partial charge is 0.227 e. The molecule has 1 amide bonds. The first-order chi connectivity index (χ1) is 11.1. The van der Waals surface area contributed by atoms with E-state index in [9.17, 15) is 14.3 Å². The van der Waals surface area contributed by atoms with Crippen molar-refractivity contribution in [2.75, 3.05) is 13.2 Å². The van der Waals surface area contributed by atoms with Crippen LogP contribution in [0.4, 0.5) is 4.39 Å². The van der Waals surface area contributed by atoms with Gasteiger partial charge in [0.25, 0.3) is 0 Å². The molecular weight excluding hydrogens is 293 g/mol. The van der Waals surface area contributed by atoms with Crippen LogP contribution in [0.3, 0.4) is 0 Å². The maximum Gasteiger partial charge on any atom is 0.227 e. The van der Waals surface area contributed by atoms with Crippen molar-refractivity contribution in [3.05, 3.63) is 71.5 Å². The zero-order valence-corrected chi connectivity index (χ0v) is 13.2. The molecule has 0 saturated heterocycles. The second-order valence-corrected chi connectivity index (χ2v) is 5.64. The summed E-state index contributed by atoms with van der Waals surface area (Å²) in [5, 5.41) is 12.1. The van der Waals surface area contributed by atoms with E-state index in [1.54, 1.807) is 19.1 Å². The first kappa shape index (κ1) is 17.2. The Bertz CT molecular complexity index is 630. The number of hydrogen-bond donors (Lipinski definition) is 2. The van der Waals surface area contributed by atoms with Gasteiger partial charge in [-0.15, -0.1) is 0 Å². The van der Waals surface area contributed by atoms with Gasteiger partial charge < -0.3 is 10.4 Å². The Balaban J connectivity index is 1.98. The number of aliphatic hydroxyl groups excluding tert-OH is 1. The molecule has 4 heteroatoms. The lowest BCUT2D eigenvalue weighted by atomic mass is 9.95. The van der Waals surface area contributed by atoms with Crippen LogP contribution in [0.15, 0.2) is 54.6 Å². The number of aliphatic hydroxyl groups is 1. The highest BCUT2D eigenvalue weighted by molar-refractivity contribution is 5.83. The number of carbonyl (C=O) groups is 1. The maximum absolute atomic E-state index is 13.3. The Morgan fingerprint density at radius 1 is 1.13 bits per heavy atom. The fourth-order valence-corrected chi connectivity index (χ4v) is 2.57. The molecule has 23 heavy (non-hydrogen) atoms. The first-order valence-corrected chi connectivity index (χ1v) is 7.80. The molecule has 0 bridgehead atoms. The maximum atomic E-state index is 13.3. The lowest BCUT2D eigenvalue weighted by Gasteiger charge is -2.19. The predicted molar refractivity (Wildman–Crippen MR) is 88.7 cm³/mol. The third kappa shape index (κ3) is 4.89. The zero-order valence-electron chi connectivity index (χ0n) is 13.2. The van der Waals surface area contributed by atoms with Crippen LogP contribution in [0, 0.1) is 5.82 Å². The Hall–Kier alpha value is -2.20. The van der Waals surface area contributed by atoms with E-state index < -0.39 is 5.92 Å². The Morgan fingerprint density at radius 3 is 2.48 bits per heavy atom. The first-order valence-electron chi connectivity index (χ1n) is 7.80. The minimum absolute atomic E-state index is 0.0601. The summed E-state index contributed by atoms with van der Waals surface area (Å²) in [5.74, 6) is -0.847. The van der Waals surface area contributed by atoms with E-state index in [-0.39, 0.29) is 24.2 Å². The third-order valence-corrected chi connectivity index (χ3v) is 4.01. The molecule has 2 unspecified atom stereocenters. The molecular formula is C19H22FNO2. The highest BCUT2D eigenvalue weighted by Gasteiger charge is 2.18. The van der Waals surface area contributed by atoms with E-state index in [2.05, 4.69) is 5.32 Å². The second kappa shape index (κ2) is 8.44. The van der Waals surface area contributed by atoms with Crippen LogP contribution in [0.2, 0.25) is 0 Å². The predicted octanol–water partition coefficient (Wildman–Crippen LogP) is 3.21. The molecule has 122 valence electrons. The SMILES string of the molecule is CC(C(=O)NCC(CCO)c1ccccc1)c1cccc(F)c1. The van der Waals surface area contributed by atoms with Crippen LogP contribution in [-0.4, -0.2) is 24.2 Å². The van der Waals surface area contributed by atoms with Crippen LogP contribution in [0.25, 0.3) is 0 Å². The van der Waals surface area contributed by atoms with E-state index >= 15 is 0 Å². The quantitative estimate of drug-likeness (QED) is 0.824. The van der Waals surface area contributed by atoms with Gasteiger partial charge in [0.2, 0.25) is 5.91 Å². The van der Waals surface area contributed by atoms with Crippen molar-refractivity contribution in [2.24, 2.45) is 0 Å². The van der Waals surface area contributed by atoms with Gasteiger partial charge in [-0.05, 0) is 36.6 Å². The number of halogens is 1. The molecule has 2 aromatic carbocycles. The van der Waals surface area contributed by atoms with Gasteiger partial charge in [-0.1, -0.05) is 42.5 Å². The van der Waals surface area contributed by atoms with Crippen LogP contribution >= 0.6 is 0 Å². The Morgan fingerprint density at radius 2 is 1.83 bits per heavy atom. The molecule has 0 aromatic heterocycles. The molecule has 2 N–H and O–H groups in total. The largest absolute Gasteiger partial charge is 0.396 e. The summed E-state index contributed by atoms with van der Waals surface area (Å²) in [5.41, 5.74) is 1.74. The molecule has 0 saturated carbocycles. The van der Waals surface area contributed by atoms with Crippen molar-refractivity contribution in [3.63, 3.8) is 0 Å². The number of carbonyl (C=O) groups excluding carboxylic acids is 1. The highest BCUT2D eigenvalue weighted by atomic mass is 19.1. The number of hydrogen-bond acceptors (Lipinski definition) is 2. The molecule has 0 heterocycles. The molecule has 0 spiro atoms.